The minimum atomic E-state index is -0.215. The molecule has 3 nitrogen and oxygen atoms in total. The standard InChI is InChI=1S/C33H50FNO2/c1-3-5-6-7-24-8-12-26(13-9-24)27-14-16-28(17-15-27)29-18-21-32(31(34)22-29)37-23-25-10-19-30(20-11-25)35-33(36)4-2/h4,18,21-22,24-28,30H,2-3,5-17,19-20,23H2,1H3,(H,35,36). The van der Waals surface area contributed by atoms with Gasteiger partial charge in [-0.15, -0.1) is 0 Å². The molecule has 4 rings (SSSR count). The van der Waals surface area contributed by atoms with Crippen molar-refractivity contribution in [3.8, 4) is 5.75 Å². The molecule has 1 N–H and O–H groups in total. The van der Waals surface area contributed by atoms with E-state index in [1.165, 1.54) is 83.1 Å². The van der Waals surface area contributed by atoms with Crippen LogP contribution in [0.2, 0.25) is 0 Å². The van der Waals surface area contributed by atoms with Crippen LogP contribution in [0.15, 0.2) is 30.9 Å². The van der Waals surface area contributed by atoms with Crippen LogP contribution < -0.4 is 10.1 Å². The predicted octanol–water partition coefficient (Wildman–Crippen LogP) is 8.73. The highest BCUT2D eigenvalue weighted by molar-refractivity contribution is 5.87. The fourth-order valence-corrected chi connectivity index (χ4v) is 7.38. The maximum Gasteiger partial charge on any atom is 0.243 e. The zero-order valence-electron chi connectivity index (χ0n) is 23.2. The third kappa shape index (κ3) is 8.32. The van der Waals surface area contributed by atoms with Gasteiger partial charge in [0.25, 0.3) is 0 Å². The number of amides is 1. The Hall–Kier alpha value is -1.84. The Balaban J connectivity index is 1.17. The molecule has 3 saturated carbocycles. The molecule has 0 radical (unpaired) electrons. The Labute approximate surface area is 225 Å². The summed E-state index contributed by atoms with van der Waals surface area (Å²) in [6.45, 7) is 6.36. The Morgan fingerprint density at radius 2 is 1.59 bits per heavy atom. The van der Waals surface area contributed by atoms with Crippen LogP contribution in [0.25, 0.3) is 0 Å². The zero-order chi connectivity index (χ0) is 26.0. The molecular weight excluding hydrogens is 461 g/mol. The van der Waals surface area contributed by atoms with Gasteiger partial charge in [-0.1, -0.05) is 58.1 Å². The number of nitrogens with one attached hydrogen (secondary N) is 1. The molecule has 3 aliphatic carbocycles. The van der Waals surface area contributed by atoms with Gasteiger partial charge in [0.15, 0.2) is 11.6 Å². The number of carbonyl (C=O) groups is 1. The van der Waals surface area contributed by atoms with Crippen molar-refractivity contribution in [2.75, 3.05) is 6.61 Å². The Morgan fingerprint density at radius 3 is 2.22 bits per heavy atom. The van der Waals surface area contributed by atoms with Crippen molar-refractivity contribution < 1.29 is 13.9 Å². The van der Waals surface area contributed by atoms with E-state index in [1.54, 1.807) is 6.07 Å². The van der Waals surface area contributed by atoms with Crippen LogP contribution in [0, 0.1) is 29.5 Å². The Kier molecular flexibility index (Phi) is 10.9. The van der Waals surface area contributed by atoms with Crippen LogP contribution in [0.1, 0.15) is 121 Å². The first kappa shape index (κ1) is 28.2. The summed E-state index contributed by atoms with van der Waals surface area (Å²) in [5.41, 5.74) is 1.15. The second kappa shape index (κ2) is 14.4. The largest absolute Gasteiger partial charge is 0.490 e. The SMILES string of the molecule is C=CC(=O)NC1CCC(COc2ccc(C3CCC(C4CCC(CCCCC)CC4)CC3)cc2F)CC1. The fraction of sp³-hybridized carbons (Fsp3) is 0.727. The topological polar surface area (TPSA) is 38.3 Å². The molecule has 3 fully saturated rings. The molecule has 3 aliphatic rings. The van der Waals surface area contributed by atoms with Crippen LogP contribution in [-0.4, -0.2) is 18.6 Å². The lowest BCUT2D eigenvalue weighted by molar-refractivity contribution is -0.117. The molecule has 0 heterocycles. The van der Waals surface area contributed by atoms with Crippen LogP contribution >= 0.6 is 0 Å². The maximum absolute atomic E-state index is 14.9. The maximum atomic E-state index is 14.9. The second-order valence-electron chi connectivity index (χ2n) is 12.3. The molecule has 0 unspecified atom stereocenters. The highest BCUT2D eigenvalue weighted by atomic mass is 19.1. The molecule has 0 aliphatic heterocycles. The lowest BCUT2D eigenvalue weighted by atomic mass is 9.68. The number of rotatable bonds is 11. The van der Waals surface area contributed by atoms with Crippen molar-refractivity contribution in [2.24, 2.45) is 23.7 Å². The summed E-state index contributed by atoms with van der Waals surface area (Å²) < 4.78 is 20.9. The number of hydrogen-bond donors (Lipinski definition) is 1. The molecule has 206 valence electrons. The van der Waals surface area contributed by atoms with Gasteiger partial charge >= 0.3 is 0 Å². The predicted molar refractivity (Wildman–Crippen MR) is 150 cm³/mol. The van der Waals surface area contributed by atoms with Crippen molar-refractivity contribution in [3.63, 3.8) is 0 Å². The number of halogens is 1. The third-order valence-electron chi connectivity index (χ3n) is 9.83. The summed E-state index contributed by atoms with van der Waals surface area (Å²) in [5, 5.41) is 2.98. The van der Waals surface area contributed by atoms with Gasteiger partial charge in [-0.25, -0.2) is 4.39 Å². The van der Waals surface area contributed by atoms with Gasteiger partial charge in [0, 0.05) is 6.04 Å². The van der Waals surface area contributed by atoms with E-state index >= 15 is 0 Å². The van der Waals surface area contributed by atoms with Gasteiger partial charge in [0.05, 0.1) is 6.61 Å². The highest BCUT2D eigenvalue weighted by Gasteiger charge is 2.31. The lowest BCUT2D eigenvalue weighted by Gasteiger charge is -2.38. The molecular formula is C33H50FNO2. The third-order valence-corrected chi connectivity index (χ3v) is 9.83. The summed E-state index contributed by atoms with van der Waals surface area (Å²) in [6.07, 6.45) is 21.6. The summed E-state index contributed by atoms with van der Waals surface area (Å²) >= 11 is 0. The normalized spacial score (nSPS) is 30.4. The number of hydrogen-bond acceptors (Lipinski definition) is 2. The Bertz CT molecular complexity index is 846. The molecule has 37 heavy (non-hydrogen) atoms. The quantitative estimate of drug-likeness (QED) is 0.238. The van der Waals surface area contributed by atoms with E-state index in [2.05, 4.69) is 24.9 Å². The number of benzene rings is 1. The molecule has 4 heteroatoms. The average molecular weight is 512 g/mol. The van der Waals surface area contributed by atoms with E-state index in [-0.39, 0.29) is 17.8 Å². The molecule has 0 bridgehead atoms. The van der Waals surface area contributed by atoms with Crippen molar-refractivity contribution in [3.05, 3.63) is 42.2 Å². The van der Waals surface area contributed by atoms with Gasteiger partial charge in [-0.3, -0.25) is 4.79 Å². The van der Waals surface area contributed by atoms with E-state index in [4.69, 9.17) is 4.74 Å². The minimum Gasteiger partial charge on any atom is -0.490 e. The van der Waals surface area contributed by atoms with Crippen molar-refractivity contribution in [1.82, 2.24) is 5.32 Å². The first-order valence-corrected chi connectivity index (χ1v) is 15.4. The van der Waals surface area contributed by atoms with E-state index in [9.17, 15) is 9.18 Å². The first-order chi connectivity index (χ1) is 18.1. The van der Waals surface area contributed by atoms with Crippen LogP contribution in [0.3, 0.4) is 0 Å². The number of carbonyl (C=O) groups excluding carboxylic acids is 1. The van der Waals surface area contributed by atoms with Crippen LogP contribution in [0.5, 0.6) is 5.75 Å². The van der Waals surface area contributed by atoms with E-state index in [1.807, 2.05) is 6.07 Å². The van der Waals surface area contributed by atoms with Crippen LogP contribution in [0.4, 0.5) is 4.39 Å². The minimum absolute atomic E-state index is 0.101. The van der Waals surface area contributed by atoms with E-state index in [0.29, 0.717) is 24.2 Å². The van der Waals surface area contributed by atoms with Crippen molar-refractivity contribution >= 4 is 5.91 Å². The molecule has 0 atom stereocenters. The summed E-state index contributed by atoms with van der Waals surface area (Å²) in [7, 11) is 0. The number of unbranched alkanes of at least 4 members (excludes halogenated alkanes) is 2. The zero-order valence-corrected chi connectivity index (χ0v) is 23.2. The second-order valence-corrected chi connectivity index (χ2v) is 12.3. The van der Waals surface area contributed by atoms with Gasteiger partial charge in [0.2, 0.25) is 5.91 Å². The Morgan fingerprint density at radius 1 is 0.946 bits per heavy atom. The molecule has 0 aromatic heterocycles. The smallest absolute Gasteiger partial charge is 0.243 e. The molecule has 0 saturated heterocycles. The van der Waals surface area contributed by atoms with Gasteiger partial charge in [0.1, 0.15) is 0 Å². The molecule has 1 aromatic carbocycles. The number of ether oxygens (including phenoxy) is 1. The van der Waals surface area contributed by atoms with Crippen molar-refractivity contribution in [1.29, 1.82) is 0 Å². The summed E-state index contributed by atoms with van der Waals surface area (Å²) in [5.74, 6) is 3.79. The van der Waals surface area contributed by atoms with Gasteiger partial charge in [-0.2, -0.15) is 0 Å². The molecule has 1 aromatic rings. The summed E-state index contributed by atoms with van der Waals surface area (Å²) in [6, 6.07) is 5.92. The molecule has 1 amide bonds. The fourth-order valence-electron chi connectivity index (χ4n) is 7.38. The van der Waals surface area contributed by atoms with Crippen LogP contribution in [-0.2, 0) is 4.79 Å². The highest BCUT2D eigenvalue weighted by Crippen LogP contribution is 2.45. The molecule has 0 spiro atoms. The lowest BCUT2D eigenvalue weighted by Crippen LogP contribution is -2.37. The first-order valence-electron chi connectivity index (χ1n) is 15.4. The monoisotopic (exact) mass is 511 g/mol. The van der Waals surface area contributed by atoms with E-state index in [0.717, 1.165) is 49.0 Å². The van der Waals surface area contributed by atoms with Gasteiger partial charge in [-0.05, 0) is 118 Å². The average Bonchev–Trinajstić information content (AvgIpc) is 2.94. The van der Waals surface area contributed by atoms with Crippen molar-refractivity contribution in [2.45, 2.75) is 122 Å². The van der Waals surface area contributed by atoms with Gasteiger partial charge < -0.3 is 10.1 Å². The van der Waals surface area contributed by atoms with E-state index < -0.39 is 0 Å². The summed E-state index contributed by atoms with van der Waals surface area (Å²) in [4.78, 5) is 11.5.